The van der Waals surface area contributed by atoms with Crippen LogP contribution in [0.1, 0.15) is 25.3 Å². The minimum Gasteiger partial charge on any atom is -0.207 e. The van der Waals surface area contributed by atoms with Gasteiger partial charge in [0.25, 0.3) is 9.05 Å². The first kappa shape index (κ1) is 11.8. The predicted molar refractivity (Wildman–Crippen MR) is 58.6 cm³/mol. The van der Waals surface area contributed by atoms with Crippen molar-refractivity contribution in [2.24, 2.45) is 0 Å². The summed E-state index contributed by atoms with van der Waals surface area (Å²) in [5.41, 5.74) is 0.985. The molecular formula is C9H10Cl2O2S. The molecule has 0 heterocycles. The zero-order chi connectivity index (χ0) is 10.9. The predicted octanol–water partition coefficient (Wildman–Crippen LogP) is 3.39. The zero-order valence-corrected chi connectivity index (χ0v) is 10.1. The van der Waals surface area contributed by atoms with Crippen LogP contribution in [0.25, 0.3) is 0 Å². The molecule has 0 aromatic heterocycles. The van der Waals surface area contributed by atoms with Crippen LogP contribution in [0.2, 0.25) is 5.02 Å². The van der Waals surface area contributed by atoms with Crippen molar-refractivity contribution in [1.82, 2.24) is 0 Å². The van der Waals surface area contributed by atoms with Gasteiger partial charge in [-0.2, -0.15) is 0 Å². The van der Waals surface area contributed by atoms with E-state index in [4.69, 9.17) is 22.3 Å². The maximum Gasteiger partial charge on any atom is 0.262 e. The summed E-state index contributed by atoms with van der Waals surface area (Å²) >= 11 is 5.79. The van der Waals surface area contributed by atoms with Crippen LogP contribution < -0.4 is 0 Å². The summed E-state index contributed by atoms with van der Waals surface area (Å²) in [6, 6.07) is 4.77. The molecule has 0 N–H and O–H groups in total. The molecule has 0 atom stereocenters. The maximum atomic E-state index is 11.0. The molecule has 0 radical (unpaired) electrons. The van der Waals surface area contributed by atoms with Crippen molar-refractivity contribution in [3.63, 3.8) is 0 Å². The topological polar surface area (TPSA) is 34.1 Å². The fourth-order valence-corrected chi connectivity index (χ4v) is 2.61. The lowest BCUT2D eigenvalue weighted by Crippen LogP contribution is -1.94. The highest BCUT2D eigenvalue weighted by Crippen LogP contribution is 2.28. The van der Waals surface area contributed by atoms with Crippen molar-refractivity contribution in [2.45, 2.75) is 24.7 Å². The summed E-state index contributed by atoms with van der Waals surface area (Å²) in [7, 11) is 1.45. The maximum absolute atomic E-state index is 11.0. The number of halogens is 2. The van der Waals surface area contributed by atoms with Gasteiger partial charge in [-0.3, -0.25) is 0 Å². The SMILES string of the molecule is CC(C)c1ccc(S(=O)(=O)Cl)c(Cl)c1. The molecule has 0 spiro atoms. The molecule has 0 unspecified atom stereocenters. The van der Waals surface area contributed by atoms with Gasteiger partial charge in [0.2, 0.25) is 0 Å². The van der Waals surface area contributed by atoms with Crippen LogP contribution in [0.5, 0.6) is 0 Å². The second-order valence-electron chi connectivity index (χ2n) is 3.28. The van der Waals surface area contributed by atoms with E-state index in [1.807, 2.05) is 13.8 Å². The second-order valence-corrected chi connectivity index (χ2v) is 6.22. The van der Waals surface area contributed by atoms with Crippen LogP contribution in [0, 0.1) is 0 Å². The van der Waals surface area contributed by atoms with Gasteiger partial charge >= 0.3 is 0 Å². The van der Waals surface area contributed by atoms with Gasteiger partial charge in [0.1, 0.15) is 4.90 Å². The molecule has 14 heavy (non-hydrogen) atoms. The Bertz CT molecular complexity index is 438. The first-order chi connectivity index (χ1) is 6.32. The molecule has 2 nitrogen and oxygen atoms in total. The van der Waals surface area contributed by atoms with Crippen LogP contribution >= 0.6 is 22.3 Å². The Morgan fingerprint density at radius 2 is 1.86 bits per heavy atom. The Morgan fingerprint density at radius 1 is 1.29 bits per heavy atom. The van der Waals surface area contributed by atoms with E-state index in [2.05, 4.69) is 0 Å². The summed E-state index contributed by atoms with van der Waals surface area (Å²) in [6.45, 7) is 4.00. The number of hydrogen-bond donors (Lipinski definition) is 0. The van der Waals surface area contributed by atoms with E-state index >= 15 is 0 Å². The lowest BCUT2D eigenvalue weighted by Gasteiger charge is -2.07. The third kappa shape index (κ3) is 2.62. The van der Waals surface area contributed by atoms with Crippen LogP contribution in [-0.2, 0) is 9.05 Å². The first-order valence-electron chi connectivity index (χ1n) is 4.06. The molecular weight excluding hydrogens is 243 g/mol. The van der Waals surface area contributed by atoms with E-state index in [9.17, 15) is 8.42 Å². The average Bonchev–Trinajstić information content (AvgIpc) is 2.01. The molecule has 0 fully saturated rings. The van der Waals surface area contributed by atoms with Gasteiger partial charge in [0.05, 0.1) is 5.02 Å². The third-order valence-corrected chi connectivity index (χ3v) is 3.69. The van der Waals surface area contributed by atoms with E-state index in [-0.39, 0.29) is 9.92 Å². The van der Waals surface area contributed by atoms with Gasteiger partial charge in [-0.1, -0.05) is 31.5 Å². The highest BCUT2D eigenvalue weighted by atomic mass is 35.7. The minimum absolute atomic E-state index is 0.0368. The molecule has 0 saturated heterocycles. The largest absolute Gasteiger partial charge is 0.262 e. The van der Waals surface area contributed by atoms with Crippen molar-refractivity contribution in [3.8, 4) is 0 Å². The van der Waals surface area contributed by atoms with Gasteiger partial charge in [-0.05, 0) is 23.6 Å². The summed E-state index contributed by atoms with van der Waals surface area (Å²) < 4.78 is 22.0. The van der Waals surface area contributed by atoms with Crippen molar-refractivity contribution in [3.05, 3.63) is 28.8 Å². The van der Waals surface area contributed by atoms with Crippen LogP contribution in [0.15, 0.2) is 23.1 Å². The Morgan fingerprint density at radius 3 is 2.21 bits per heavy atom. The quantitative estimate of drug-likeness (QED) is 0.757. The number of benzene rings is 1. The highest BCUT2D eigenvalue weighted by Gasteiger charge is 2.15. The molecule has 0 aliphatic heterocycles. The van der Waals surface area contributed by atoms with Crippen LogP contribution in [0.4, 0.5) is 0 Å². The van der Waals surface area contributed by atoms with Crippen molar-refractivity contribution in [2.75, 3.05) is 0 Å². The summed E-state index contributed by atoms with van der Waals surface area (Å²) in [5.74, 6) is 0.305. The molecule has 0 bridgehead atoms. The Hall–Kier alpha value is -0.250. The van der Waals surface area contributed by atoms with Gasteiger partial charge in [-0.25, -0.2) is 8.42 Å². The van der Waals surface area contributed by atoms with Gasteiger partial charge < -0.3 is 0 Å². The Balaban J connectivity index is 3.28. The molecule has 0 aliphatic rings. The zero-order valence-electron chi connectivity index (χ0n) is 7.79. The smallest absolute Gasteiger partial charge is 0.207 e. The average molecular weight is 253 g/mol. The van der Waals surface area contributed by atoms with Gasteiger partial charge in [0, 0.05) is 10.7 Å². The fraction of sp³-hybridized carbons (Fsp3) is 0.333. The molecule has 5 heteroatoms. The Labute approximate surface area is 93.3 Å². The van der Waals surface area contributed by atoms with Gasteiger partial charge in [0.15, 0.2) is 0 Å². The van der Waals surface area contributed by atoms with Crippen molar-refractivity contribution in [1.29, 1.82) is 0 Å². The van der Waals surface area contributed by atoms with Crippen molar-refractivity contribution >= 4 is 31.3 Å². The van der Waals surface area contributed by atoms with Gasteiger partial charge in [-0.15, -0.1) is 0 Å². The molecule has 78 valence electrons. The number of hydrogen-bond acceptors (Lipinski definition) is 2. The molecule has 1 aromatic rings. The molecule has 1 rings (SSSR count). The lowest BCUT2D eigenvalue weighted by molar-refractivity contribution is 0.609. The summed E-state index contributed by atoms with van der Waals surface area (Å²) in [5, 5.41) is 0.172. The lowest BCUT2D eigenvalue weighted by atomic mass is 10.0. The van der Waals surface area contributed by atoms with Crippen LogP contribution in [-0.4, -0.2) is 8.42 Å². The highest BCUT2D eigenvalue weighted by molar-refractivity contribution is 8.13. The minimum atomic E-state index is -3.74. The van der Waals surface area contributed by atoms with E-state index in [0.717, 1.165) is 5.56 Å². The van der Waals surface area contributed by atoms with E-state index in [0.29, 0.717) is 5.92 Å². The molecule has 0 amide bonds. The monoisotopic (exact) mass is 252 g/mol. The number of rotatable bonds is 2. The van der Waals surface area contributed by atoms with E-state index in [1.165, 1.54) is 6.07 Å². The first-order valence-corrected chi connectivity index (χ1v) is 6.75. The molecule has 0 saturated carbocycles. The normalized spacial score (nSPS) is 12.1. The Kier molecular flexibility index (Phi) is 3.45. The summed E-state index contributed by atoms with van der Waals surface area (Å²) in [4.78, 5) is -0.0368. The second kappa shape index (κ2) is 4.09. The van der Waals surface area contributed by atoms with Crippen molar-refractivity contribution < 1.29 is 8.42 Å². The van der Waals surface area contributed by atoms with E-state index in [1.54, 1.807) is 12.1 Å². The standard InChI is InChI=1S/C9H10Cl2O2S/c1-6(2)7-3-4-9(8(10)5-7)14(11,12)13/h3-6H,1-2H3. The third-order valence-electron chi connectivity index (χ3n) is 1.89. The fourth-order valence-electron chi connectivity index (χ4n) is 1.07. The van der Waals surface area contributed by atoms with E-state index < -0.39 is 9.05 Å². The molecule has 0 aliphatic carbocycles. The van der Waals surface area contributed by atoms with Crippen LogP contribution in [0.3, 0.4) is 0 Å². The molecule has 1 aromatic carbocycles. The summed E-state index contributed by atoms with van der Waals surface area (Å²) in [6.07, 6.45) is 0.